The summed E-state index contributed by atoms with van der Waals surface area (Å²) in [7, 11) is 1.29. The summed E-state index contributed by atoms with van der Waals surface area (Å²) in [5.74, 6) is -0.249. The van der Waals surface area contributed by atoms with Crippen molar-refractivity contribution in [2.45, 2.75) is 6.54 Å². The number of hydrogen-bond donors (Lipinski definition) is 3. The summed E-state index contributed by atoms with van der Waals surface area (Å²) in [6, 6.07) is 10.9. The van der Waals surface area contributed by atoms with Gasteiger partial charge in [-0.05, 0) is 18.2 Å². The number of H-pyrrole nitrogens is 1. The Bertz CT molecular complexity index is 888. The van der Waals surface area contributed by atoms with Gasteiger partial charge in [-0.15, -0.1) is 0 Å². The van der Waals surface area contributed by atoms with E-state index in [2.05, 4.69) is 25.3 Å². The Morgan fingerprint density at radius 2 is 2.08 bits per heavy atom. The van der Waals surface area contributed by atoms with Crippen LogP contribution < -0.4 is 10.6 Å². The molecule has 0 aliphatic heterocycles. The molecule has 0 saturated carbocycles. The number of methoxy groups -OCH3 is 1. The summed E-state index contributed by atoms with van der Waals surface area (Å²) >= 11 is 0. The third-order valence-electron chi connectivity index (χ3n) is 3.52. The molecule has 122 valence electrons. The number of nitrogens with zero attached hydrogens (tertiary/aromatic N) is 1. The van der Waals surface area contributed by atoms with Crippen molar-refractivity contribution < 1.29 is 14.3 Å². The Kier molecular flexibility index (Phi) is 4.42. The number of anilines is 1. The summed E-state index contributed by atoms with van der Waals surface area (Å²) in [6.45, 7) is 0.181. The minimum absolute atomic E-state index is 0.181. The predicted octanol–water partition coefficient (Wildman–Crippen LogP) is 2.67. The number of benzene rings is 1. The van der Waals surface area contributed by atoms with E-state index in [1.54, 1.807) is 18.3 Å². The van der Waals surface area contributed by atoms with Gasteiger partial charge >= 0.3 is 6.09 Å². The number of aromatic nitrogens is 2. The summed E-state index contributed by atoms with van der Waals surface area (Å²) < 4.78 is 4.50. The van der Waals surface area contributed by atoms with Gasteiger partial charge in [-0.3, -0.25) is 9.78 Å². The highest BCUT2D eigenvalue weighted by molar-refractivity contribution is 6.08. The molecule has 0 saturated heterocycles. The lowest BCUT2D eigenvalue weighted by Gasteiger charge is -2.07. The molecule has 0 fully saturated rings. The van der Waals surface area contributed by atoms with Gasteiger partial charge in [0.05, 0.1) is 25.0 Å². The van der Waals surface area contributed by atoms with Gasteiger partial charge in [0.1, 0.15) is 0 Å². The second-order valence-corrected chi connectivity index (χ2v) is 5.08. The molecule has 0 bridgehead atoms. The van der Waals surface area contributed by atoms with Gasteiger partial charge in [0, 0.05) is 28.9 Å². The number of rotatable bonds is 4. The molecule has 0 aliphatic carbocycles. The first kappa shape index (κ1) is 15.5. The Balaban J connectivity index is 1.74. The largest absolute Gasteiger partial charge is 0.453 e. The van der Waals surface area contributed by atoms with Crippen LogP contribution in [0.4, 0.5) is 10.5 Å². The molecule has 3 N–H and O–H groups in total. The Hall–Kier alpha value is -3.35. The van der Waals surface area contributed by atoms with Crippen molar-refractivity contribution in [3.8, 4) is 0 Å². The van der Waals surface area contributed by atoms with Crippen molar-refractivity contribution in [1.29, 1.82) is 0 Å². The van der Waals surface area contributed by atoms with Crippen molar-refractivity contribution >= 4 is 28.6 Å². The topological polar surface area (TPSA) is 96.1 Å². The number of ether oxygens (including phenoxy) is 1. The number of pyridine rings is 1. The molecule has 7 nitrogen and oxygen atoms in total. The maximum Gasteiger partial charge on any atom is 0.407 e. The lowest BCUT2D eigenvalue weighted by molar-refractivity contribution is 0.102. The second-order valence-electron chi connectivity index (χ2n) is 5.08. The quantitative estimate of drug-likeness (QED) is 0.687. The zero-order valence-electron chi connectivity index (χ0n) is 13.0. The Labute approximate surface area is 138 Å². The first-order valence-corrected chi connectivity index (χ1v) is 7.31. The Morgan fingerprint density at radius 3 is 2.92 bits per heavy atom. The molecule has 24 heavy (non-hydrogen) atoms. The van der Waals surface area contributed by atoms with E-state index in [1.807, 2.05) is 24.3 Å². The van der Waals surface area contributed by atoms with Crippen LogP contribution in [-0.4, -0.2) is 29.1 Å². The minimum atomic E-state index is -0.551. The number of alkyl carbamates (subject to hydrolysis) is 1. The number of hydrogen-bond acceptors (Lipinski definition) is 4. The molecule has 0 unspecified atom stereocenters. The van der Waals surface area contributed by atoms with Crippen molar-refractivity contribution in [2.24, 2.45) is 0 Å². The van der Waals surface area contributed by atoms with Crippen LogP contribution in [0.3, 0.4) is 0 Å². The summed E-state index contributed by atoms with van der Waals surface area (Å²) in [5.41, 5.74) is 2.68. The van der Waals surface area contributed by atoms with Crippen LogP contribution in [0.5, 0.6) is 0 Å². The summed E-state index contributed by atoms with van der Waals surface area (Å²) in [5, 5.41) is 6.34. The first-order valence-electron chi connectivity index (χ1n) is 7.31. The zero-order chi connectivity index (χ0) is 16.9. The third kappa shape index (κ3) is 3.35. The van der Waals surface area contributed by atoms with Crippen LogP contribution in [0, 0.1) is 0 Å². The highest BCUT2D eigenvalue weighted by Gasteiger charge is 2.11. The van der Waals surface area contributed by atoms with Crippen molar-refractivity contribution in [1.82, 2.24) is 15.3 Å². The van der Waals surface area contributed by atoms with Crippen molar-refractivity contribution in [2.75, 3.05) is 12.4 Å². The normalized spacial score (nSPS) is 10.4. The zero-order valence-corrected chi connectivity index (χ0v) is 13.0. The maximum absolute atomic E-state index is 12.4. The number of aromatic amines is 1. The SMILES string of the molecule is COC(=O)NCc1cc(C(=O)Nc2c[nH]c3ccccc23)ccn1. The summed E-state index contributed by atoms with van der Waals surface area (Å²) in [4.78, 5) is 30.8. The number of nitrogens with one attached hydrogen (secondary N) is 3. The van der Waals surface area contributed by atoms with E-state index in [4.69, 9.17) is 0 Å². The molecule has 3 rings (SSSR count). The second kappa shape index (κ2) is 6.82. The van der Waals surface area contributed by atoms with Gasteiger partial charge in [-0.2, -0.15) is 0 Å². The van der Waals surface area contributed by atoms with E-state index >= 15 is 0 Å². The number of para-hydroxylation sites is 1. The fourth-order valence-electron chi connectivity index (χ4n) is 2.32. The van der Waals surface area contributed by atoms with Crippen molar-refractivity contribution in [3.63, 3.8) is 0 Å². The molecule has 2 aromatic heterocycles. The standard InChI is InChI=1S/C17H16N4O3/c1-24-17(23)20-9-12-8-11(6-7-18-12)16(22)21-15-10-19-14-5-3-2-4-13(14)15/h2-8,10,19H,9H2,1H3,(H,20,23)(H,21,22). The molecule has 2 amide bonds. The van der Waals surface area contributed by atoms with E-state index in [1.165, 1.54) is 13.3 Å². The molecule has 0 atom stereocenters. The molecule has 0 spiro atoms. The lowest BCUT2D eigenvalue weighted by Crippen LogP contribution is -2.23. The van der Waals surface area contributed by atoms with Gasteiger partial charge in [-0.1, -0.05) is 18.2 Å². The summed E-state index contributed by atoms with van der Waals surface area (Å²) in [6.07, 6.45) is 2.73. The van der Waals surface area contributed by atoms with E-state index in [0.29, 0.717) is 16.9 Å². The molecule has 1 aromatic carbocycles. The van der Waals surface area contributed by atoms with Crippen LogP contribution in [0.25, 0.3) is 10.9 Å². The first-order chi connectivity index (χ1) is 11.7. The van der Waals surface area contributed by atoms with Gasteiger partial charge < -0.3 is 20.4 Å². The van der Waals surface area contributed by atoms with Crippen LogP contribution in [0.15, 0.2) is 48.8 Å². The highest BCUT2D eigenvalue weighted by Crippen LogP contribution is 2.23. The number of carbonyl (C=O) groups excluding carboxylic acids is 2. The van der Waals surface area contributed by atoms with Gasteiger partial charge in [0.15, 0.2) is 0 Å². The fourth-order valence-corrected chi connectivity index (χ4v) is 2.32. The minimum Gasteiger partial charge on any atom is -0.453 e. The highest BCUT2D eigenvalue weighted by atomic mass is 16.5. The van der Waals surface area contributed by atoms with E-state index in [-0.39, 0.29) is 12.5 Å². The molecule has 0 aliphatic rings. The van der Waals surface area contributed by atoms with Gasteiger partial charge in [0.25, 0.3) is 5.91 Å². The average molecular weight is 324 g/mol. The average Bonchev–Trinajstić information content (AvgIpc) is 3.03. The molecular weight excluding hydrogens is 308 g/mol. The fraction of sp³-hybridized carbons (Fsp3) is 0.118. The number of fused-ring (bicyclic) bond motifs is 1. The van der Waals surface area contributed by atoms with E-state index in [0.717, 1.165) is 10.9 Å². The van der Waals surface area contributed by atoms with Crippen LogP contribution >= 0.6 is 0 Å². The van der Waals surface area contributed by atoms with Crippen LogP contribution in [0.1, 0.15) is 16.1 Å². The van der Waals surface area contributed by atoms with E-state index < -0.39 is 6.09 Å². The molecule has 3 aromatic rings. The van der Waals surface area contributed by atoms with Crippen LogP contribution in [0.2, 0.25) is 0 Å². The smallest absolute Gasteiger partial charge is 0.407 e. The van der Waals surface area contributed by atoms with Gasteiger partial charge in [0.2, 0.25) is 0 Å². The molecule has 2 heterocycles. The molecule has 7 heteroatoms. The van der Waals surface area contributed by atoms with Gasteiger partial charge in [-0.25, -0.2) is 4.79 Å². The number of carbonyl (C=O) groups is 2. The van der Waals surface area contributed by atoms with E-state index in [9.17, 15) is 9.59 Å². The van der Waals surface area contributed by atoms with Crippen molar-refractivity contribution in [3.05, 3.63) is 60.0 Å². The third-order valence-corrected chi connectivity index (χ3v) is 3.52. The number of amides is 2. The predicted molar refractivity (Wildman–Crippen MR) is 89.7 cm³/mol. The monoisotopic (exact) mass is 324 g/mol. The molecular formula is C17H16N4O3. The Morgan fingerprint density at radius 1 is 1.25 bits per heavy atom. The molecule has 0 radical (unpaired) electrons. The lowest BCUT2D eigenvalue weighted by atomic mass is 10.2. The maximum atomic E-state index is 12.4. The van der Waals surface area contributed by atoms with Crippen LogP contribution in [-0.2, 0) is 11.3 Å².